The minimum Gasteiger partial charge on any atom is -0.491 e. The standard InChI is InChI=1S/C20H25NO3/c1-15-9-11-16(12-10-15)17-7-5-6-8-18(17)23-14-13-21-19(22)24-20(2,3)4/h5-12H,13-14H2,1-4H3,(H,21,22). The zero-order valence-electron chi connectivity index (χ0n) is 14.8. The summed E-state index contributed by atoms with van der Waals surface area (Å²) in [5.74, 6) is 0.798. The van der Waals surface area contributed by atoms with E-state index < -0.39 is 11.7 Å². The summed E-state index contributed by atoms with van der Waals surface area (Å²) >= 11 is 0. The van der Waals surface area contributed by atoms with Gasteiger partial charge in [0.15, 0.2) is 0 Å². The zero-order chi connectivity index (χ0) is 17.6. The van der Waals surface area contributed by atoms with Crippen molar-refractivity contribution in [2.24, 2.45) is 0 Å². The van der Waals surface area contributed by atoms with Crippen LogP contribution in [0.25, 0.3) is 11.1 Å². The van der Waals surface area contributed by atoms with Gasteiger partial charge < -0.3 is 14.8 Å². The summed E-state index contributed by atoms with van der Waals surface area (Å²) in [5, 5.41) is 2.69. The molecule has 2 aromatic carbocycles. The molecule has 4 nitrogen and oxygen atoms in total. The first-order chi connectivity index (χ1) is 11.3. The number of alkyl carbamates (subject to hydrolysis) is 1. The van der Waals surface area contributed by atoms with Gasteiger partial charge in [-0.05, 0) is 39.3 Å². The van der Waals surface area contributed by atoms with Gasteiger partial charge in [0.1, 0.15) is 18.0 Å². The number of nitrogens with one attached hydrogen (secondary N) is 1. The summed E-state index contributed by atoms with van der Waals surface area (Å²) in [5.41, 5.74) is 2.87. The highest BCUT2D eigenvalue weighted by molar-refractivity contribution is 5.70. The van der Waals surface area contributed by atoms with Gasteiger partial charge in [-0.25, -0.2) is 4.79 Å². The van der Waals surface area contributed by atoms with Crippen LogP contribution in [-0.4, -0.2) is 24.8 Å². The van der Waals surface area contributed by atoms with Crippen molar-refractivity contribution >= 4 is 6.09 Å². The molecule has 4 heteroatoms. The second-order valence-electron chi connectivity index (χ2n) is 6.64. The number of hydrogen-bond donors (Lipinski definition) is 1. The third-order valence-corrected chi connectivity index (χ3v) is 3.28. The fourth-order valence-electron chi connectivity index (χ4n) is 2.19. The van der Waals surface area contributed by atoms with Crippen LogP contribution in [0.3, 0.4) is 0 Å². The Hall–Kier alpha value is -2.49. The molecule has 0 fully saturated rings. The van der Waals surface area contributed by atoms with Crippen molar-refractivity contribution in [3.8, 4) is 16.9 Å². The maximum absolute atomic E-state index is 11.6. The van der Waals surface area contributed by atoms with Gasteiger partial charge in [0.05, 0.1) is 6.54 Å². The van der Waals surface area contributed by atoms with Crippen LogP contribution in [0.2, 0.25) is 0 Å². The van der Waals surface area contributed by atoms with Crippen LogP contribution < -0.4 is 10.1 Å². The molecule has 0 saturated heterocycles. The van der Waals surface area contributed by atoms with E-state index in [1.165, 1.54) is 5.56 Å². The van der Waals surface area contributed by atoms with Crippen molar-refractivity contribution in [3.63, 3.8) is 0 Å². The zero-order valence-corrected chi connectivity index (χ0v) is 14.8. The lowest BCUT2D eigenvalue weighted by atomic mass is 10.0. The number of aryl methyl sites for hydroxylation is 1. The molecule has 0 aliphatic rings. The molecule has 0 saturated carbocycles. The average molecular weight is 327 g/mol. The Balaban J connectivity index is 1.92. The lowest BCUT2D eigenvalue weighted by Gasteiger charge is -2.19. The summed E-state index contributed by atoms with van der Waals surface area (Å²) in [4.78, 5) is 11.6. The lowest BCUT2D eigenvalue weighted by molar-refractivity contribution is 0.0520. The van der Waals surface area contributed by atoms with E-state index in [0.29, 0.717) is 13.2 Å². The van der Waals surface area contributed by atoms with Crippen molar-refractivity contribution in [3.05, 3.63) is 54.1 Å². The number of amides is 1. The molecule has 0 bridgehead atoms. The van der Waals surface area contributed by atoms with Crippen LogP contribution in [0, 0.1) is 6.92 Å². The quantitative estimate of drug-likeness (QED) is 0.819. The number of carbonyl (C=O) groups is 1. The molecule has 0 aromatic heterocycles. The monoisotopic (exact) mass is 327 g/mol. The normalized spacial score (nSPS) is 11.0. The van der Waals surface area contributed by atoms with Gasteiger partial charge in [0, 0.05) is 5.56 Å². The molecular weight excluding hydrogens is 302 g/mol. The Bertz CT molecular complexity index is 672. The Labute approximate surface area is 143 Å². The molecule has 0 spiro atoms. The topological polar surface area (TPSA) is 47.6 Å². The van der Waals surface area contributed by atoms with Crippen LogP contribution in [0.5, 0.6) is 5.75 Å². The smallest absolute Gasteiger partial charge is 0.407 e. The van der Waals surface area contributed by atoms with E-state index in [1.807, 2.05) is 45.0 Å². The average Bonchev–Trinajstić information content (AvgIpc) is 2.51. The molecule has 1 amide bonds. The molecule has 24 heavy (non-hydrogen) atoms. The summed E-state index contributed by atoms with van der Waals surface area (Å²) in [6.45, 7) is 8.33. The van der Waals surface area contributed by atoms with Gasteiger partial charge >= 0.3 is 6.09 Å². The third kappa shape index (κ3) is 5.61. The van der Waals surface area contributed by atoms with Crippen molar-refractivity contribution in [1.82, 2.24) is 5.32 Å². The minimum atomic E-state index is -0.497. The Morgan fingerprint density at radius 3 is 2.38 bits per heavy atom. The first-order valence-corrected chi connectivity index (χ1v) is 8.11. The molecule has 0 aliphatic carbocycles. The second-order valence-corrected chi connectivity index (χ2v) is 6.64. The fourth-order valence-corrected chi connectivity index (χ4v) is 2.19. The number of carbonyl (C=O) groups excluding carboxylic acids is 1. The number of hydrogen-bond acceptors (Lipinski definition) is 3. The molecule has 0 unspecified atom stereocenters. The van der Waals surface area contributed by atoms with E-state index in [-0.39, 0.29) is 0 Å². The molecule has 2 aromatic rings. The Morgan fingerprint density at radius 1 is 1.04 bits per heavy atom. The summed E-state index contributed by atoms with van der Waals surface area (Å²) < 4.78 is 11.0. The summed E-state index contributed by atoms with van der Waals surface area (Å²) in [7, 11) is 0. The molecule has 1 N–H and O–H groups in total. The maximum Gasteiger partial charge on any atom is 0.407 e. The predicted molar refractivity (Wildman–Crippen MR) is 96.3 cm³/mol. The maximum atomic E-state index is 11.6. The largest absolute Gasteiger partial charge is 0.491 e. The highest BCUT2D eigenvalue weighted by Crippen LogP contribution is 2.29. The van der Waals surface area contributed by atoms with E-state index in [4.69, 9.17) is 9.47 Å². The van der Waals surface area contributed by atoms with E-state index in [9.17, 15) is 4.79 Å². The predicted octanol–water partition coefficient (Wildman–Crippen LogP) is 4.57. The van der Waals surface area contributed by atoms with Gasteiger partial charge in [-0.15, -0.1) is 0 Å². The highest BCUT2D eigenvalue weighted by atomic mass is 16.6. The molecule has 0 heterocycles. The fraction of sp³-hybridized carbons (Fsp3) is 0.350. The van der Waals surface area contributed by atoms with Gasteiger partial charge in [-0.2, -0.15) is 0 Å². The molecule has 0 aliphatic heterocycles. The van der Waals surface area contributed by atoms with E-state index in [0.717, 1.165) is 16.9 Å². The van der Waals surface area contributed by atoms with Crippen LogP contribution in [0.1, 0.15) is 26.3 Å². The van der Waals surface area contributed by atoms with Crippen LogP contribution >= 0.6 is 0 Å². The lowest BCUT2D eigenvalue weighted by Crippen LogP contribution is -2.34. The summed E-state index contributed by atoms with van der Waals surface area (Å²) in [6.07, 6.45) is -0.432. The minimum absolute atomic E-state index is 0.377. The van der Waals surface area contributed by atoms with Crippen molar-refractivity contribution < 1.29 is 14.3 Å². The van der Waals surface area contributed by atoms with Gasteiger partial charge in [-0.1, -0.05) is 48.0 Å². The van der Waals surface area contributed by atoms with Crippen molar-refractivity contribution in [2.45, 2.75) is 33.3 Å². The van der Waals surface area contributed by atoms with Crippen LogP contribution in [0.4, 0.5) is 4.79 Å². The van der Waals surface area contributed by atoms with E-state index in [2.05, 4.69) is 36.5 Å². The number of benzene rings is 2. The van der Waals surface area contributed by atoms with Gasteiger partial charge in [0.25, 0.3) is 0 Å². The molecule has 0 atom stereocenters. The Morgan fingerprint density at radius 2 is 1.71 bits per heavy atom. The summed E-state index contributed by atoms with van der Waals surface area (Å²) in [6, 6.07) is 16.2. The molecule has 128 valence electrons. The van der Waals surface area contributed by atoms with Crippen molar-refractivity contribution in [2.75, 3.05) is 13.2 Å². The van der Waals surface area contributed by atoms with Crippen molar-refractivity contribution in [1.29, 1.82) is 0 Å². The Kier molecular flexibility index (Phi) is 5.85. The first-order valence-electron chi connectivity index (χ1n) is 8.11. The number of rotatable bonds is 5. The highest BCUT2D eigenvalue weighted by Gasteiger charge is 2.15. The molecular formula is C20H25NO3. The number of para-hydroxylation sites is 1. The first kappa shape index (κ1) is 17.9. The second kappa shape index (κ2) is 7.86. The van der Waals surface area contributed by atoms with Crippen LogP contribution in [-0.2, 0) is 4.74 Å². The third-order valence-electron chi connectivity index (χ3n) is 3.28. The number of ether oxygens (including phenoxy) is 2. The van der Waals surface area contributed by atoms with Gasteiger partial charge in [-0.3, -0.25) is 0 Å². The molecule has 2 rings (SSSR count). The molecule has 0 radical (unpaired) electrons. The van der Waals surface area contributed by atoms with Crippen LogP contribution in [0.15, 0.2) is 48.5 Å². The SMILES string of the molecule is Cc1ccc(-c2ccccc2OCCNC(=O)OC(C)(C)C)cc1. The van der Waals surface area contributed by atoms with E-state index in [1.54, 1.807) is 0 Å². The van der Waals surface area contributed by atoms with E-state index >= 15 is 0 Å². The van der Waals surface area contributed by atoms with Gasteiger partial charge in [0.2, 0.25) is 0 Å².